The van der Waals surface area contributed by atoms with Gasteiger partial charge in [-0.15, -0.1) is 0 Å². The number of benzene rings is 2. The highest BCUT2D eigenvalue weighted by atomic mass is 32.2. The van der Waals surface area contributed by atoms with Gasteiger partial charge in [0.05, 0.1) is 30.3 Å². The number of carbonyl (C=O) groups excluding carboxylic acids is 1. The molecule has 1 saturated carbocycles. The van der Waals surface area contributed by atoms with Gasteiger partial charge in [0.25, 0.3) is 0 Å². The predicted molar refractivity (Wildman–Crippen MR) is 146 cm³/mol. The number of carbonyl (C=O) groups is 1. The highest BCUT2D eigenvalue weighted by molar-refractivity contribution is 7.82. The zero-order chi connectivity index (χ0) is 27.1. The van der Waals surface area contributed by atoms with Crippen LogP contribution in [0.1, 0.15) is 38.7 Å². The van der Waals surface area contributed by atoms with Gasteiger partial charge in [0.2, 0.25) is 0 Å². The van der Waals surface area contributed by atoms with E-state index in [1.165, 1.54) is 0 Å². The summed E-state index contributed by atoms with van der Waals surface area (Å²) in [6.07, 6.45) is 1.44. The lowest BCUT2D eigenvalue weighted by Crippen LogP contribution is -2.50. The van der Waals surface area contributed by atoms with E-state index in [-0.39, 0.29) is 24.7 Å². The normalized spacial score (nSPS) is 23.2. The summed E-state index contributed by atoms with van der Waals surface area (Å²) in [5.41, 5.74) is 0.979. The van der Waals surface area contributed by atoms with Crippen molar-refractivity contribution >= 4 is 17.1 Å². The monoisotopic (exact) mass is 544 g/mol. The number of hydrogen-bond donors (Lipinski definition) is 2. The van der Waals surface area contributed by atoms with Crippen LogP contribution in [-0.4, -0.2) is 70.9 Å². The molecular weight excluding hydrogens is 504 g/mol. The van der Waals surface area contributed by atoms with Gasteiger partial charge in [0.15, 0.2) is 0 Å². The van der Waals surface area contributed by atoms with Gasteiger partial charge in [-0.05, 0) is 60.9 Å². The summed E-state index contributed by atoms with van der Waals surface area (Å²) in [7, 11) is 0.0929. The molecule has 2 aromatic rings. The average molecular weight is 545 g/mol. The number of nitrogens with zero attached hydrogens (tertiary/aromatic N) is 1. The number of rotatable bonds is 12. The van der Waals surface area contributed by atoms with E-state index in [9.17, 15) is 14.1 Å². The van der Waals surface area contributed by atoms with Crippen LogP contribution in [0.25, 0.3) is 0 Å². The summed E-state index contributed by atoms with van der Waals surface area (Å²) < 4.78 is 32.0. The van der Waals surface area contributed by atoms with Gasteiger partial charge >= 0.3 is 6.09 Å². The van der Waals surface area contributed by atoms with Gasteiger partial charge in [0, 0.05) is 26.1 Å². The summed E-state index contributed by atoms with van der Waals surface area (Å²) in [6, 6.07) is 16.2. The SMILES string of the molecule is COc1ccc(S(=O)N(CC(C)C)C[C@@H](O)[C@H](Cc2ccccc2)NC(=O)O[C@@H]2C[C@@H]3CCO[C@@H]3C2)cc1. The highest BCUT2D eigenvalue weighted by Crippen LogP contribution is 2.37. The quantitative estimate of drug-likeness (QED) is 0.420. The van der Waals surface area contributed by atoms with Gasteiger partial charge in [-0.25, -0.2) is 13.3 Å². The van der Waals surface area contributed by atoms with Gasteiger partial charge in [0.1, 0.15) is 22.8 Å². The van der Waals surface area contributed by atoms with E-state index in [1.807, 2.05) is 44.2 Å². The van der Waals surface area contributed by atoms with E-state index >= 15 is 0 Å². The minimum absolute atomic E-state index is 0.121. The predicted octanol–water partition coefficient (Wildman–Crippen LogP) is 3.94. The number of aliphatic hydroxyl groups is 1. The Bertz CT molecular complexity index is 1040. The summed E-state index contributed by atoms with van der Waals surface area (Å²) in [5, 5.41) is 14.3. The Morgan fingerprint density at radius 2 is 1.87 bits per heavy atom. The molecule has 9 heteroatoms. The summed E-state index contributed by atoms with van der Waals surface area (Å²) in [4.78, 5) is 13.6. The van der Waals surface area contributed by atoms with Crippen LogP contribution in [0.15, 0.2) is 59.5 Å². The van der Waals surface area contributed by atoms with Crippen molar-refractivity contribution in [2.24, 2.45) is 11.8 Å². The first-order chi connectivity index (χ1) is 18.3. The van der Waals surface area contributed by atoms with Crippen molar-refractivity contribution in [1.82, 2.24) is 9.62 Å². The third kappa shape index (κ3) is 7.79. The molecule has 0 bridgehead atoms. The molecule has 208 valence electrons. The third-order valence-electron chi connectivity index (χ3n) is 7.20. The van der Waals surface area contributed by atoms with Crippen LogP contribution in [0, 0.1) is 11.8 Å². The van der Waals surface area contributed by atoms with Crippen molar-refractivity contribution in [1.29, 1.82) is 0 Å². The highest BCUT2D eigenvalue weighted by Gasteiger charge is 2.40. The number of amides is 1. The van der Waals surface area contributed by atoms with E-state index in [0.29, 0.717) is 35.9 Å². The van der Waals surface area contributed by atoms with E-state index in [1.54, 1.807) is 35.7 Å². The number of alkyl carbamates (subject to hydrolysis) is 1. The van der Waals surface area contributed by atoms with E-state index in [2.05, 4.69) is 5.32 Å². The van der Waals surface area contributed by atoms with Crippen LogP contribution >= 0.6 is 0 Å². The maximum absolute atomic E-state index is 13.5. The summed E-state index contributed by atoms with van der Waals surface area (Å²) >= 11 is 0. The third-order valence-corrected chi connectivity index (χ3v) is 8.64. The Balaban J connectivity index is 1.45. The number of aliphatic hydroxyl groups excluding tert-OH is 1. The van der Waals surface area contributed by atoms with Crippen LogP contribution in [0.3, 0.4) is 0 Å². The fourth-order valence-corrected chi connectivity index (χ4v) is 6.68. The molecule has 38 heavy (non-hydrogen) atoms. The van der Waals surface area contributed by atoms with Crippen molar-refractivity contribution in [3.63, 3.8) is 0 Å². The van der Waals surface area contributed by atoms with Gasteiger partial charge in [-0.1, -0.05) is 44.2 Å². The Labute approximate surface area is 228 Å². The molecule has 1 aliphatic carbocycles. The molecule has 2 fully saturated rings. The largest absolute Gasteiger partial charge is 0.497 e. The number of ether oxygens (including phenoxy) is 3. The van der Waals surface area contributed by atoms with Crippen molar-refractivity contribution in [2.75, 3.05) is 26.8 Å². The molecule has 0 spiro atoms. The Morgan fingerprint density at radius 1 is 1.13 bits per heavy atom. The van der Waals surface area contributed by atoms with E-state index < -0.39 is 29.2 Å². The lowest BCUT2D eigenvalue weighted by molar-refractivity contribution is 0.0556. The molecule has 1 heterocycles. The first-order valence-corrected chi connectivity index (χ1v) is 14.5. The van der Waals surface area contributed by atoms with Crippen molar-refractivity contribution in [2.45, 2.75) is 68.8 Å². The second kappa shape index (κ2) is 13.6. The Kier molecular flexibility index (Phi) is 10.2. The molecule has 1 saturated heterocycles. The van der Waals surface area contributed by atoms with Crippen LogP contribution in [0.4, 0.5) is 4.79 Å². The fourth-order valence-electron chi connectivity index (χ4n) is 5.29. The molecule has 0 radical (unpaired) electrons. The first-order valence-electron chi connectivity index (χ1n) is 13.4. The summed E-state index contributed by atoms with van der Waals surface area (Å²) in [6.45, 7) is 5.51. The summed E-state index contributed by atoms with van der Waals surface area (Å²) in [5.74, 6) is 1.36. The molecule has 2 aliphatic rings. The number of methoxy groups -OCH3 is 1. The van der Waals surface area contributed by atoms with Crippen molar-refractivity contribution in [3.05, 3.63) is 60.2 Å². The molecule has 8 nitrogen and oxygen atoms in total. The van der Waals surface area contributed by atoms with Gasteiger partial charge in [-0.3, -0.25) is 0 Å². The molecular formula is C29H40N2O6S. The maximum atomic E-state index is 13.5. The van der Waals surface area contributed by atoms with Gasteiger partial charge < -0.3 is 24.6 Å². The molecule has 6 atom stereocenters. The van der Waals surface area contributed by atoms with Gasteiger partial charge in [-0.2, -0.15) is 0 Å². The van der Waals surface area contributed by atoms with E-state index in [4.69, 9.17) is 14.2 Å². The van der Waals surface area contributed by atoms with Crippen LogP contribution in [0.2, 0.25) is 0 Å². The zero-order valence-electron chi connectivity index (χ0n) is 22.5. The second-order valence-corrected chi connectivity index (χ2v) is 12.1. The average Bonchev–Trinajstić information content (AvgIpc) is 3.50. The minimum Gasteiger partial charge on any atom is -0.497 e. The number of fused-ring (bicyclic) bond motifs is 1. The number of hydrogen-bond acceptors (Lipinski definition) is 6. The lowest BCUT2D eigenvalue weighted by Gasteiger charge is -2.30. The first kappa shape index (κ1) is 28.5. The second-order valence-electron chi connectivity index (χ2n) is 10.6. The Hall–Kier alpha value is -2.46. The topological polar surface area (TPSA) is 97.3 Å². The molecule has 1 aliphatic heterocycles. The van der Waals surface area contributed by atoms with Crippen LogP contribution in [0.5, 0.6) is 5.75 Å². The molecule has 1 unspecified atom stereocenters. The molecule has 1 amide bonds. The van der Waals surface area contributed by atoms with Crippen molar-refractivity contribution < 1.29 is 28.3 Å². The molecule has 2 aromatic carbocycles. The fraction of sp³-hybridized carbons (Fsp3) is 0.552. The van der Waals surface area contributed by atoms with Crippen molar-refractivity contribution in [3.8, 4) is 5.75 Å². The van der Waals surface area contributed by atoms with E-state index in [0.717, 1.165) is 25.0 Å². The molecule has 2 N–H and O–H groups in total. The molecule has 0 aromatic heterocycles. The number of nitrogens with one attached hydrogen (secondary N) is 1. The lowest BCUT2D eigenvalue weighted by atomic mass is 10.0. The van der Waals surface area contributed by atoms with Crippen LogP contribution < -0.4 is 10.1 Å². The zero-order valence-corrected chi connectivity index (χ0v) is 23.3. The molecule has 4 rings (SSSR count). The Morgan fingerprint density at radius 3 is 2.53 bits per heavy atom. The smallest absolute Gasteiger partial charge is 0.407 e. The van der Waals surface area contributed by atoms with Crippen LogP contribution in [-0.2, 0) is 26.9 Å². The maximum Gasteiger partial charge on any atom is 0.407 e. The minimum atomic E-state index is -1.49. The standard InChI is InChI=1S/C29H40N2O6S/c1-20(2)18-31(38(34)25-11-9-23(35-3)10-12-25)19-27(32)26(15-21-7-5-4-6-8-21)30-29(33)37-24-16-22-13-14-36-28(22)17-24/h4-12,20,22,24,26-28,32H,13-19H2,1-3H3,(H,30,33)/t22-,24+,26-,27+,28+,38?/m0/s1.